The molecular formula is C11H13N3O3. The van der Waals surface area contributed by atoms with Crippen molar-refractivity contribution < 1.29 is 14.3 Å². The molecule has 0 aliphatic carbocycles. The van der Waals surface area contributed by atoms with Crippen molar-refractivity contribution in [2.75, 3.05) is 0 Å². The second-order valence-corrected chi connectivity index (χ2v) is 4.10. The maximum absolute atomic E-state index is 11.0. The van der Waals surface area contributed by atoms with E-state index >= 15 is 0 Å². The van der Waals surface area contributed by atoms with Crippen molar-refractivity contribution in [3.05, 3.63) is 23.8 Å². The van der Waals surface area contributed by atoms with E-state index in [4.69, 9.17) is 9.52 Å². The highest BCUT2D eigenvalue weighted by molar-refractivity contribution is 5.86. The lowest BCUT2D eigenvalue weighted by Crippen LogP contribution is -2.01. The van der Waals surface area contributed by atoms with E-state index in [2.05, 4.69) is 10.1 Å². The second kappa shape index (κ2) is 4.04. The molecule has 0 saturated carbocycles. The zero-order chi connectivity index (χ0) is 12.6. The Kier molecular flexibility index (Phi) is 2.71. The number of aromatic nitrogens is 3. The summed E-state index contributed by atoms with van der Waals surface area (Å²) < 4.78 is 6.88. The molecule has 0 unspecified atom stereocenters. The zero-order valence-corrected chi connectivity index (χ0v) is 9.84. The highest BCUT2D eigenvalue weighted by atomic mass is 16.4. The summed E-state index contributed by atoms with van der Waals surface area (Å²) in [7, 11) is 1.77. The zero-order valence-electron chi connectivity index (χ0n) is 9.84. The molecule has 0 aliphatic rings. The van der Waals surface area contributed by atoms with Crippen molar-refractivity contribution >= 4 is 5.97 Å². The van der Waals surface area contributed by atoms with Crippen molar-refractivity contribution in [3.8, 4) is 11.5 Å². The molecular weight excluding hydrogens is 222 g/mol. The van der Waals surface area contributed by atoms with E-state index < -0.39 is 5.97 Å². The summed E-state index contributed by atoms with van der Waals surface area (Å²) in [5.41, 5.74) is 1.12. The fourth-order valence-corrected chi connectivity index (χ4v) is 1.53. The Morgan fingerprint density at radius 2 is 2.24 bits per heavy atom. The Balaban J connectivity index is 2.50. The number of aromatic carboxylic acids is 1. The number of carbonyl (C=O) groups is 1. The van der Waals surface area contributed by atoms with Crippen molar-refractivity contribution in [2.24, 2.45) is 7.05 Å². The molecule has 2 aromatic rings. The topological polar surface area (TPSA) is 81.2 Å². The van der Waals surface area contributed by atoms with Crippen LogP contribution >= 0.6 is 0 Å². The summed E-state index contributed by atoms with van der Waals surface area (Å²) in [6.45, 7) is 3.74. The predicted molar refractivity (Wildman–Crippen MR) is 59.8 cm³/mol. The van der Waals surface area contributed by atoms with Gasteiger partial charge in [-0.1, -0.05) is 13.8 Å². The Labute approximate surface area is 97.9 Å². The highest BCUT2D eigenvalue weighted by Gasteiger charge is 2.22. The van der Waals surface area contributed by atoms with Crippen molar-refractivity contribution in [3.63, 3.8) is 0 Å². The van der Waals surface area contributed by atoms with E-state index in [1.165, 1.54) is 0 Å². The molecule has 6 nitrogen and oxygen atoms in total. The number of hydrogen-bond donors (Lipinski definition) is 1. The van der Waals surface area contributed by atoms with Gasteiger partial charge < -0.3 is 9.52 Å². The van der Waals surface area contributed by atoms with Crippen LogP contribution in [-0.4, -0.2) is 25.8 Å². The van der Waals surface area contributed by atoms with Gasteiger partial charge in [-0.05, 0) is 5.92 Å². The predicted octanol–water partition coefficient (Wildman–Crippen LogP) is 1.90. The summed E-state index contributed by atoms with van der Waals surface area (Å²) in [5.74, 6) is -0.912. The second-order valence-electron chi connectivity index (χ2n) is 4.10. The minimum atomic E-state index is -1.10. The molecule has 0 spiro atoms. The van der Waals surface area contributed by atoms with Crippen LogP contribution in [0.5, 0.6) is 0 Å². The number of nitrogens with zero attached hydrogens (tertiary/aromatic N) is 3. The van der Waals surface area contributed by atoms with Gasteiger partial charge in [0.15, 0.2) is 0 Å². The average molecular weight is 235 g/mol. The maximum Gasteiger partial charge on any atom is 0.373 e. The van der Waals surface area contributed by atoms with E-state index in [1.54, 1.807) is 24.1 Å². The van der Waals surface area contributed by atoms with Crippen LogP contribution in [0, 0.1) is 0 Å². The number of rotatable bonds is 3. The van der Waals surface area contributed by atoms with Crippen LogP contribution in [0.15, 0.2) is 16.8 Å². The van der Waals surface area contributed by atoms with Crippen molar-refractivity contribution in [1.82, 2.24) is 14.8 Å². The van der Waals surface area contributed by atoms with Crippen LogP contribution in [0.1, 0.15) is 36.0 Å². The van der Waals surface area contributed by atoms with E-state index in [9.17, 15) is 4.79 Å². The quantitative estimate of drug-likeness (QED) is 0.878. The van der Waals surface area contributed by atoms with Gasteiger partial charge in [0.1, 0.15) is 0 Å². The molecule has 0 aromatic carbocycles. The molecule has 90 valence electrons. The lowest BCUT2D eigenvalue weighted by atomic mass is 10.1. The third-order valence-corrected chi connectivity index (χ3v) is 2.35. The summed E-state index contributed by atoms with van der Waals surface area (Å²) >= 11 is 0. The lowest BCUT2D eigenvalue weighted by molar-refractivity contribution is 0.0661. The van der Waals surface area contributed by atoms with Gasteiger partial charge in [-0.25, -0.2) is 9.78 Å². The van der Waals surface area contributed by atoms with Gasteiger partial charge in [0.25, 0.3) is 0 Å². The third-order valence-electron chi connectivity index (χ3n) is 2.35. The number of carboxylic acids is 1. The minimum absolute atomic E-state index is 0.00438. The standard InChI is InChI=1S/C11H13N3O3/c1-6(2)8-9(11(15)16)17-10(13-8)7-4-12-14(3)5-7/h4-6H,1-3H3,(H,15,16). The molecule has 0 amide bonds. The molecule has 2 rings (SSSR count). The van der Waals surface area contributed by atoms with Crippen LogP contribution in [0.3, 0.4) is 0 Å². The van der Waals surface area contributed by atoms with Crippen LogP contribution in [0.2, 0.25) is 0 Å². The molecule has 17 heavy (non-hydrogen) atoms. The first-order chi connectivity index (χ1) is 7.99. The van der Waals surface area contributed by atoms with Gasteiger partial charge in [-0.3, -0.25) is 4.68 Å². The van der Waals surface area contributed by atoms with E-state index in [-0.39, 0.29) is 11.7 Å². The van der Waals surface area contributed by atoms with Crippen molar-refractivity contribution in [2.45, 2.75) is 19.8 Å². The average Bonchev–Trinajstić information content (AvgIpc) is 2.82. The maximum atomic E-state index is 11.0. The van der Waals surface area contributed by atoms with Crippen LogP contribution in [0.4, 0.5) is 0 Å². The number of carboxylic acid groups (broad SMARTS) is 1. The Morgan fingerprint density at radius 3 is 2.65 bits per heavy atom. The Bertz CT molecular complexity index is 554. The fourth-order valence-electron chi connectivity index (χ4n) is 1.53. The van der Waals surface area contributed by atoms with Gasteiger partial charge in [0.05, 0.1) is 17.5 Å². The molecule has 2 heterocycles. The molecule has 0 fully saturated rings. The molecule has 0 atom stereocenters. The smallest absolute Gasteiger partial charge is 0.373 e. The first kappa shape index (κ1) is 11.4. The molecule has 6 heteroatoms. The SMILES string of the molecule is CC(C)c1nc(-c2cnn(C)c2)oc1C(=O)O. The number of hydrogen-bond acceptors (Lipinski definition) is 4. The summed E-state index contributed by atoms with van der Waals surface area (Å²) in [5, 5.41) is 13.0. The summed E-state index contributed by atoms with van der Waals surface area (Å²) in [4.78, 5) is 15.2. The van der Waals surface area contributed by atoms with E-state index in [1.807, 2.05) is 13.8 Å². The van der Waals surface area contributed by atoms with Gasteiger partial charge in [0.2, 0.25) is 11.7 Å². The normalized spacial score (nSPS) is 11.1. The Hall–Kier alpha value is -2.11. The van der Waals surface area contributed by atoms with Crippen molar-refractivity contribution in [1.29, 1.82) is 0 Å². The third kappa shape index (κ3) is 2.06. The highest BCUT2D eigenvalue weighted by Crippen LogP contribution is 2.26. The van der Waals surface area contributed by atoms with E-state index in [0.717, 1.165) is 0 Å². The van der Waals surface area contributed by atoms with Crippen LogP contribution in [-0.2, 0) is 7.05 Å². The molecule has 0 saturated heterocycles. The number of oxazole rings is 1. The summed E-state index contributed by atoms with van der Waals surface area (Å²) in [6.07, 6.45) is 3.31. The monoisotopic (exact) mass is 235 g/mol. The largest absolute Gasteiger partial charge is 0.475 e. The first-order valence-electron chi connectivity index (χ1n) is 5.22. The minimum Gasteiger partial charge on any atom is -0.475 e. The molecule has 0 bridgehead atoms. The Morgan fingerprint density at radius 1 is 1.53 bits per heavy atom. The first-order valence-corrected chi connectivity index (χ1v) is 5.22. The van der Waals surface area contributed by atoms with Crippen LogP contribution < -0.4 is 0 Å². The fraction of sp³-hybridized carbons (Fsp3) is 0.364. The number of aryl methyl sites for hydroxylation is 1. The van der Waals surface area contributed by atoms with Gasteiger partial charge in [0, 0.05) is 13.2 Å². The summed E-state index contributed by atoms with van der Waals surface area (Å²) in [6, 6.07) is 0. The van der Waals surface area contributed by atoms with Gasteiger partial charge in [-0.15, -0.1) is 0 Å². The van der Waals surface area contributed by atoms with Gasteiger partial charge in [-0.2, -0.15) is 5.10 Å². The molecule has 0 radical (unpaired) electrons. The molecule has 2 aromatic heterocycles. The van der Waals surface area contributed by atoms with E-state index in [0.29, 0.717) is 17.1 Å². The van der Waals surface area contributed by atoms with Crippen LogP contribution in [0.25, 0.3) is 11.5 Å². The molecule has 0 aliphatic heterocycles. The lowest BCUT2D eigenvalue weighted by Gasteiger charge is -1.98. The van der Waals surface area contributed by atoms with Gasteiger partial charge >= 0.3 is 5.97 Å². The molecule has 1 N–H and O–H groups in total.